The molecule has 0 amide bonds. The highest BCUT2D eigenvalue weighted by molar-refractivity contribution is 7.92. The van der Waals surface area contributed by atoms with Crippen LogP contribution < -0.4 is 5.32 Å². The fourth-order valence-corrected chi connectivity index (χ4v) is 4.93. The minimum atomic E-state index is -3.95. The van der Waals surface area contributed by atoms with Crippen LogP contribution in [-0.4, -0.2) is 31.0 Å². The van der Waals surface area contributed by atoms with Crippen molar-refractivity contribution in [3.8, 4) is 0 Å². The number of thiophene rings is 1. The number of hydrogen-bond acceptors (Lipinski definition) is 6. The Morgan fingerprint density at radius 3 is 2.47 bits per heavy atom. The molecule has 3 aromatic rings. The zero-order valence-electron chi connectivity index (χ0n) is 15.3. The number of benzene rings is 2. The summed E-state index contributed by atoms with van der Waals surface area (Å²) in [6.45, 7) is 0. The van der Waals surface area contributed by atoms with Gasteiger partial charge in [0.05, 0.1) is 17.0 Å². The summed E-state index contributed by atoms with van der Waals surface area (Å²) < 4.78 is 29.4. The number of ketones is 1. The van der Waals surface area contributed by atoms with Crippen molar-refractivity contribution in [3.63, 3.8) is 0 Å². The van der Waals surface area contributed by atoms with Crippen molar-refractivity contribution in [2.45, 2.75) is 4.21 Å². The Morgan fingerprint density at radius 1 is 1.00 bits per heavy atom. The molecule has 7 nitrogen and oxygen atoms in total. The topological polar surface area (TPSA) is 113 Å². The zero-order valence-corrected chi connectivity index (χ0v) is 16.9. The lowest BCUT2D eigenvalue weighted by molar-refractivity contribution is 0.0696. The SMILES string of the molecule is O=C(O)c1cccc(NC2=C/C(=N/S(=O)(=O)c3cccs3)c3ccccc3C2=O)c1. The fourth-order valence-electron chi connectivity index (χ4n) is 2.97. The van der Waals surface area contributed by atoms with Gasteiger partial charge in [0, 0.05) is 16.8 Å². The van der Waals surface area contributed by atoms with E-state index in [9.17, 15) is 18.0 Å². The van der Waals surface area contributed by atoms with E-state index in [0.717, 1.165) is 11.3 Å². The average molecular weight is 438 g/mol. The smallest absolute Gasteiger partial charge is 0.335 e. The lowest BCUT2D eigenvalue weighted by Gasteiger charge is -2.18. The monoisotopic (exact) mass is 438 g/mol. The molecule has 0 spiro atoms. The van der Waals surface area contributed by atoms with Gasteiger partial charge in [-0.1, -0.05) is 36.4 Å². The first-order valence-electron chi connectivity index (χ1n) is 8.70. The van der Waals surface area contributed by atoms with Crippen molar-refractivity contribution in [2.75, 3.05) is 5.32 Å². The number of nitrogens with zero attached hydrogens (tertiary/aromatic N) is 1. The van der Waals surface area contributed by atoms with Gasteiger partial charge in [0.1, 0.15) is 4.21 Å². The van der Waals surface area contributed by atoms with Crippen molar-refractivity contribution in [2.24, 2.45) is 4.40 Å². The second-order valence-electron chi connectivity index (χ2n) is 6.33. The van der Waals surface area contributed by atoms with Gasteiger partial charge in [-0.05, 0) is 35.7 Å². The van der Waals surface area contributed by atoms with Gasteiger partial charge < -0.3 is 10.4 Å². The van der Waals surface area contributed by atoms with E-state index in [0.29, 0.717) is 16.8 Å². The van der Waals surface area contributed by atoms with Crippen LogP contribution >= 0.6 is 11.3 Å². The minimum Gasteiger partial charge on any atom is -0.478 e. The van der Waals surface area contributed by atoms with E-state index in [1.54, 1.807) is 47.8 Å². The van der Waals surface area contributed by atoms with E-state index in [2.05, 4.69) is 9.71 Å². The fraction of sp³-hybridized carbons (Fsp3) is 0. The van der Waals surface area contributed by atoms with Gasteiger partial charge in [-0.25, -0.2) is 4.79 Å². The van der Waals surface area contributed by atoms with Crippen LogP contribution in [0.15, 0.2) is 86.4 Å². The van der Waals surface area contributed by atoms with E-state index in [1.165, 1.54) is 24.3 Å². The maximum Gasteiger partial charge on any atom is 0.335 e. The van der Waals surface area contributed by atoms with E-state index in [4.69, 9.17) is 5.11 Å². The van der Waals surface area contributed by atoms with Crippen LogP contribution in [0.4, 0.5) is 5.69 Å². The van der Waals surface area contributed by atoms with Gasteiger partial charge in [-0.15, -0.1) is 11.3 Å². The number of carbonyl (C=O) groups is 2. The van der Waals surface area contributed by atoms with Gasteiger partial charge in [-0.2, -0.15) is 12.8 Å². The van der Waals surface area contributed by atoms with Crippen molar-refractivity contribution in [1.29, 1.82) is 0 Å². The standard InChI is InChI=1S/C21H14N2O5S2/c24-20-16-8-2-1-7-15(16)17(23-30(27,28)19-9-4-10-29-19)12-18(20)22-14-6-3-5-13(11-14)21(25)26/h1-12,22H,(H,25,26)/b23-17-. The normalized spacial score (nSPS) is 14.9. The maximum atomic E-state index is 12.9. The predicted octanol–water partition coefficient (Wildman–Crippen LogP) is 3.82. The molecule has 0 atom stereocenters. The van der Waals surface area contributed by atoms with Crippen LogP contribution in [0, 0.1) is 0 Å². The van der Waals surface area contributed by atoms with Crippen molar-refractivity contribution < 1.29 is 23.1 Å². The summed E-state index contributed by atoms with van der Waals surface area (Å²) in [5.74, 6) is -1.45. The Balaban J connectivity index is 1.80. The molecule has 0 saturated carbocycles. The Bertz CT molecular complexity index is 1320. The number of allylic oxidation sites excluding steroid dienone is 2. The van der Waals surface area contributed by atoms with E-state index < -0.39 is 16.0 Å². The van der Waals surface area contributed by atoms with Gasteiger partial charge in [0.15, 0.2) is 0 Å². The first-order valence-corrected chi connectivity index (χ1v) is 11.0. The summed E-state index contributed by atoms with van der Waals surface area (Å²) in [6, 6.07) is 15.7. The molecule has 1 heterocycles. The number of sulfonamides is 1. The summed E-state index contributed by atoms with van der Waals surface area (Å²) in [6.07, 6.45) is 1.36. The molecule has 150 valence electrons. The first kappa shape index (κ1) is 19.7. The zero-order chi connectivity index (χ0) is 21.3. The molecule has 0 aliphatic heterocycles. The molecule has 1 aliphatic rings. The van der Waals surface area contributed by atoms with Gasteiger partial charge in [0.2, 0.25) is 5.78 Å². The highest BCUT2D eigenvalue weighted by Crippen LogP contribution is 2.26. The summed E-state index contributed by atoms with van der Waals surface area (Å²) in [7, 11) is -3.95. The number of aromatic carboxylic acids is 1. The number of anilines is 1. The van der Waals surface area contributed by atoms with E-state index >= 15 is 0 Å². The van der Waals surface area contributed by atoms with Crippen molar-refractivity contribution in [3.05, 3.63) is 94.5 Å². The Hall–Kier alpha value is -3.56. The number of carboxylic acids is 1. The minimum absolute atomic E-state index is 0.0541. The van der Waals surface area contributed by atoms with Crippen LogP contribution in [-0.2, 0) is 10.0 Å². The second-order valence-corrected chi connectivity index (χ2v) is 9.11. The molecule has 2 N–H and O–H groups in total. The van der Waals surface area contributed by atoms with Crippen LogP contribution in [0.25, 0.3) is 0 Å². The second kappa shape index (κ2) is 7.69. The number of Topliss-reactive ketones (excluding diaryl/α,β-unsaturated/α-hetero) is 1. The number of carboxylic acid groups (broad SMARTS) is 1. The average Bonchev–Trinajstić information content (AvgIpc) is 3.27. The molecule has 0 radical (unpaired) electrons. The first-order chi connectivity index (χ1) is 14.3. The van der Waals surface area contributed by atoms with Gasteiger partial charge >= 0.3 is 5.97 Å². The third kappa shape index (κ3) is 3.80. The Labute approximate surface area is 176 Å². The van der Waals surface area contributed by atoms with Crippen molar-refractivity contribution in [1.82, 2.24) is 0 Å². The molecule has 1 aromatic heterocycles. The van der Waals surface area contributed by atoms with Crippen LogP contribution in [0.5, 0.6) is 0 Å². The molecule has 2 aromatic carbocycles. The van der Waals surface area contributed by atoms with E-state index in [1.807, 2.05) is 0 Å². The Kier molecular flexibility index (Phi) is 5.06. The summed E-state index contributed by atoms with van der Waals surface area (Å²) in [4.78, 5) is 24.1. The van der Waals surface area contributed by atoms with Crippen LogP contribution in [0.1, 0.15) is 26.3 Å². The number of carbonyl (C=O) groups excluding carboxylic acids is 1. The third-order valence-electron chi connectivity index (χ3n) is 4.33. The number of hydrogen-bond donors (Lipinski definition) is 2. The maximum absolute atomic E-state index is 12.9. The molecule has 4 rings (SSSR count). The number of fused-ring (bicyclic) bond motifs is 1. The number of nitrogens with one attached hydrogen (secondary N) is 1. The molecule has 0 saturated heterocycles. The van der Waals surface area contributed by atoms with Gasteiger partial charge in [0.25, 0.3) is 10.0 Å². The highest BCUT2D eigenvalue weighted by atomic mass is 32.2. The molecule has 9 heteroatoms. The molecule has 30 heavy (non-hydrogen) atoms. The van der Waals surface area contributed by atoms with Crippen molar-refractivity contribution >= 4 is 44.5 Å². The Morgan fingerprint density at radius 2 is 1.77 bits per heavy atom. The lowest BCUT2D eigenvalue weighted by atomic mass is 9.92. The summed E-state index contributed by atoms with van der Waals surface area (Å²) in [5.41, 5.74) is 1.36. The van der Waals surface area contributed by atoms with E-state index in [-0.39, 0.29) is 27.0 Å². The quantitative estimate of drug-likeness (QED) is 0.626. The largest absolute Gasteiger partial charge is 0.478 e. The third-order valence-corrected chi connectivity index (χ3v) is 6.99. The summed E-state index contributed by atoms with van der Waals surface area (Å²) in [5, 5.41) is 13.7. The lowest BCUT2D eigenvalue weighted by Crippen LogP contribution is -2.22. The molecule has 0 bridgehead atoms. The molecule has 0 unspecified atom stereocenters. The number of rotatable bonds is 5. The molecular weight excluding hydrogens is 424 g/mol. The van der Waals surface area contributed by atoms with Crippen LogP contribution in [0.3, 0.4) is 0 Å². The van der Waals surface area contributed by atoms with Crippen LogP contribution in [0.2, 0.25) is 0 Å². The summed E-state index contributed by atoms with van der Waals surface area (Å²) >= 11 is 1.05. The molecule has 1 aliphatic carbocycles. The molecule has 0 fully saturated rings. The molecular formula is C21H14N2O5S2. The highest BCUT2D eigenvalue weighted by Gasteiger charge is 2.26. The van der Waals surface area contributed by atoms with Gasteiger partial charge in [-0.3, -0.25) is 4.79 Å². The predicted molar refractivity (Wildman–Crippen MR) is 114 cm³/mol.